The monoisotopic (exact) mass is 397 g/mol. The molecule has 0 saturated heterocycles. The molecule has 1 aliphatic rings. The normalized spacial score (nSPS) is 12.8. The summed E-state index contributed by atoms with van der Waals surface area (Å²) in [6.07, 6.45) is 3.27. The van der Waals surface area contributed by atoms with Gasteiger partial charge in [-0.05, 0) is 61.6 Å². The van der Waals surface area contributed by atoms with E-state index in [0.717, 1.165) is 29.8 Å². The lowest BCUT2D eigenvalue weighted by Crippen LogP contribution is -2.24. The Morgan fingerprint density at radius 1 is 1.18 bits per heavy atom. The number of rotatable bonds is 6. The fourth-order valence-corrected chi connectivity index (χ4v) is 3.91. The minimum absolute atomic E-state index is 0.112. The quantitative estimate of drug-likeness (QED) is 0.648. The van der Waals surface area contributed by atoms with E-state index in [2.05, 4.69) is 27.5 Å². The van der Waals surface area contributed by atoms with Gasteiger partial charge in [-0.15, -0.1) is 10.2 Å². The predicted octanol–water partition coefficient (Wildman–Crippen LogP) is 3.01. The molecule has 4 rings (SSSR count). The molecule has 0 fully saturated rings. The summed E-state index contributed by atoms with van der Waals surface area (Å²) >= 11 is 1.32. The van der Waals surface area contributed by atoms with Crippen molar-refractivity contribution in [1.29, 1.82) is 0 Å². The maximum atomic E-state index is 12.9. The first-order valence-electron chi connectivity index (χ1n) is 9.15. The minimum Gasteiger partial charge on any atom is -0.351 e. The van der Waals surface area contributed by atoms with Gasteiger partial charge in [0.25, 0.3) is 0 Å². The van der Waals surface area contributed by atoms with E-state index in [0.29, 0.717) is 17.4 Å². The van der Waals surface area contributed by atoms with E-state index in [1.54, 1.807) is 12.1 Å². The van der Waals surface area contributed by atoms with Gasteiger partial charge in [-0.25, -0.2) is 9.07 Å². The van der Waals surface area contributed by atoms with Crippen molar-refractivity contribution in [2.45, 2.75) is 37.8 Å². The molecule has 1 aliphatic carbocycles. The molecule has 2 aromatic heterocycles. The van der Waals surface area contributed by atoms with Crippen molar-refractivity contribution in [2.75, 3.05) is 5.75 Å². The summed E-state index contributed by atoms with van der Waals surface area (Å²) in [5.74, 6) is 0.531. The highest BCUT2D eigenvalue weighted by atomic mass is 32.2. The van der Waals surface area contributed by atoms with Crippen molar-refractivity contribution < 1.29 is 9.18 Å². The van der Waals surface area contributed by atoms with Gasteiger partial charge >= 0.3 is 0 Å². The molecule has 1 N–H and O–H groups in total. The van der Waals surface area contributed by atoms with Gasteiger partial charge < -0.3 is 5.32 Å². The van der Waals surface area contributed by atoms with Gasteiger partial charge in [0.2, 0.25) is 5.91 Å². The van der Waals surface area contributed by atoms with Crippen LogP contribution in [0, 0.1) is 12.7 Å². The van der Waals surface area contributed by atoms with Crippen LogP contribution in [-0.4, -0.2) is 31.6 Å². The van der Waals surface area contributed by atoms with E-state index in [9.17, 15) is 9.18 Å². The number of benzene rings is 1. The van der Waals surface area contributed by atoms with Crippen LogP contribution in [0.25, 0.3) is 5.82 Å². The molecule has 2 heterocycles. The Morgan fingerprint density at radius 2 is 2.00 bits per heavy atom. The van der Waals surface area contributed by atoms with Gasteiger partial charge in [0.05, 0.1) is 11.4 Å². The fraction of sp³-hybridized carbons (Fsp3) is 0.300. The molecular formula is C20H20FN5OS. The number of carbonyl (C=O) groups excluding carboxylic acids is 1. The Morgan fingerprint density at radius 3 is 2.71 bits per heavy atom. The first-order valence-corrected chi connectivity index (χ1v) is 10.1. The molecule has 1 amide bonds. The van der Waals surface area contributed by atoms with Crippen LogP contribution in [0.3, 0.4) is 0 Å². The maximum absolute atomic E-state index is 12.9. The minimum atomic E-state index is -0.289. The Kier molecular flexibility index (Phi) is 5.38. The summed E-state index contributed by atoms with van der Waals surface area (Å²) in [6.45, 7) is 2.43. The number of aromatic nitrogens is 4. The number of hydrogen-bond acceptors (Lipinski definition) is 5. The van der Waals surface area contributed by atoms with Gasteiger partial charge in [0, 0.05) is 12.2 Å². The molecule has 0 spiro atoms. The summed E-state index contributed by atoms with van der Waals surface area (Å²) in [5, 5.41) is 16.6. The molecule has 8 heteroatoms. The molecule has 0 unspecified atom stereocenters. The average Bonchev–Trinajstić information content (AvgIpc) is 3.29. The number of thioether (sulfide) groups is 1. The van der Waals surface area contributed by atoms with Gasteiger partial charge in [0.1, 0.15) is 10.8 Å². The summed E-state index contributed by atoms with van der Waals surface area (Å²) in [6, 6.07) is 9.79. The van der Waals surface area contributed by atoms with E-state index in [1.807, 2.05) is 16.8 Å². The van der Waals surface area contributed by atoms with Crippen LogP contribution in [0.5, 0.6) is 0 Å². The number of aryl methyl sites for hydroxylation is 1. The third-order valence-electron chi connectivity index (χ3n) is 4.76. The molecule has 28 heavy (non-hydrogen) atoms. The summed E-state index contributed by atoms with van der Waals surface area (Å²) in [5.41, 5.74) is 4.47. The highest BCUT2D eigenvalue weighted by molar-refractivity contribution is 7.99. The molecule has 0 atom stereocenters. The number of amides is 1. The van der Waals surface area contributed by atoms with Crippen molar-refractivity contribution in [3.8, 4) is 5.82 Å². The Bertz CT molecular complexity index is 985. The number of hydrogen-bond donors (Lipinski definition) is 1. The van der Waals surface area contributed by atoms with E-state index in [1.165, 1.54) is 35.9 Å². The standard InChI is InChI=1S/C20H20FN5OS/c1-13-16-3-2-4-17(16)25-26(13)18-9-10-20(24-23-18)28-12-19(27)22-11-14-5-7-15(21)8-6-14/h5-10H,2-4,11-12H2,1H3,(H,22,27). The average molecular weight is 397 g/mol. The van der Waals surface area contributed by atoms with Crippen molar-refractivity contribution in [3.05, 3.63) is 64.7 Å². The largest absolute Gasteiger partial charge is 0.351 e. The third kappa shape index (κ3) is 4.06. The Balaban J connectivity index is 1.31. The summed E-state index contributed by atoms with van der Waals surface area (Å²) in [4.78, 5) is 12.0. The van der Waals surface area contributed by atoms with E-state index < -0.39 is 0 Å². The smallest absolute Gasteiger partial charge is 0.230 e. The van der Waals surface area contributed by atoms with E-state index in [-0.39, 0.29) is 17.5 Å². The molecule has 1 aromatic carbocycles. The lowest BCUT2D eigenvalue weighted by molar-refractivity contribution is -0.118. The van der Waals surface area contributed by atoms with Crippen molar-refractivity contribution in [3.63, 3.8) is 0 Å². The van der Waals surface area contributed by atoms with Crippen molar-refractivity contribution in [1.82, 2.24) is 25.3 Å². The maximum Gasteiger partial charge on any atom is 0.230 e. The van der Waals surface area contributed by atoms with Crippen LogP contribution in [-0.2, 0) is 24.2 Å². The van der Waals surface area contributed by atoms with Crippen LogP contribution in [0.2, 0.25) is 0 Å². The second-order valence-corrected chi connectivity index (χ2v) is 7.69. The molecule has 0 radical (unpaired) electrons. The summed E-state index contributed by atoms with van der Waals surface area (Å²) in [7, 11) is 0. The highest BCUT2D eigenvalue weighted by Gasteiger charge is 2.20. The fourth-order valence-electron chi connectivity index (χ4n) is 3.27. The van der Waals surface area contributed by atoms with Gasteiger partial charge in [-0.3, -0.25) is 4.79 Å². The van der Waals surface area contributed by atoms with Crippen LogP contribution in [0.1, 0.15) is 28.9 Å². The zero-order chi connectivity index (χ0) is 19.5. The number of fused-ring (bicyclic) bond motifs is 1. The molecule has 0 saturated carbocycles. The van der Waals surface area contributed by atoms with Gasteiger partial charge in [-0.2, -0.15) is 5.10 Å². The highest BCUT2D eigenvalue weighted by Crippen LogP contribution is 2.26. The molecule has 6 nitrogen and oxygen atoms in total. The van der Waals surface area contributed by atoms with Crippen LogP contribution in [0.15, 0.2) is 41.4 Å². The first kappa shape index (κ1) is 18.6. The zero-order valence-electron chi connectivity index (χ0n) is 15.5. The number of carbonyl (C=O) groups is 1. The van der Waals surface area contributed by atoms with Crippen molar-refractivity contribution >= 4 is 17.7 Å². The molecular weight excluding hydrogens is 377 g/mol. The first-order chi connectivity index (χ1) is 13.6. The van der Waals surface area contributed by atoms with Crippen LogP contribution < -0.4 is 5.32 Å². The van der Waals surface area contributed by atoms with Gasteiger partial charge in [0.15, 0.2) is 5.82 Å². The topological polar surface area (TPSA) is 72.7 Å². The lowest BCUT2D eigenvalue weighted by Gasteiger charge is -2.06. The van der Waals surface area contributed by atoms with E-state index in [4.69, 9.17) is 0 Å². The zero-order valence-corrected chi connectivity index (χ0v) is 16.3. The van der Waals surface area contributed by atoms with Crippen LogP contribution >= 0.6 is 11.8 Å². The second kappa shape index (κ2) is 8.10. The molecule has 0 bridgehead atoms. The number of nitrogens with zero attached hydrogens (tertiary/aromatic N) is 4. The molecule has 0 aliphatic heterocycles. The summed E-state index contributed by atoms with van der Waals surface area (Å²) < 4.78 is 14.7. The number of halogens is 1. The SMILES string of the molecule is Cc1c2c(nn1-c1ccc(SCC(=O)NCc3ccc(F)cc3)nn1)CCC2. The van der Waals surface area contributed by atoms with Crippen molar-refractivity contribution in [2.24, 2.45) is 0 Å². The third-order valence-corrected chi connectivity index (χ3v) is 5.68. The van der Waals surface area contributed by atoms with E-state index >= 15 is 0 Å². The Labute approximate surface area is 166 Å². The van der Waals surface area contributed by atoms with Crippen LogP contribution in [0.4, 0.5) is 4.39 Å². The molecule has 3 aromatic rings. The predicted molar refractivity (Wildman–Crippen MR) is 105 cm³/mol. The lowest BCUT2D eigenvalue weighted by atomic mass is 10.2. The van der Waals surface area contributed by atoms with Gasteiger partial charge in [-0.1, -0.05) is 23.9 Å². The second-order valence-electron chi connectivity index (χ2n) is 6.70. The number of nitrogens with one attached hydrogen (secondary N) is 1. The Hall–Kier alpha value is -2.74. The molecule has 144 valence electrons.